The van der Waals surface area contributed by atoms with E-state index in [4.69, 9.17) is 5.11 Å². The summed E-state index contributed by atoms with van der Waals surface area (Å²) in [5, 5.41) is 21.0. The van der Waals surface area contributed by atoms with Crippen molar-refractivity contribution in [3.05, 3.63) is 29.3 Å². The molecule has 1 aromatic rings. The molecule has 2 unspecified atom stereocenters. The van der Waals surface area contributed by atoms with Gasteiger partial charge >= 0.3 is 5.97 Å². The molecule has 0 spiro atoms. The lowest BCUT2D eigenvalue weighted by atomic mass is 10.0. The molecule has 18 heavy (non-hydrogen) atoms. The lowest BCUT2D eigenvalue weighted by molar-refractivity contribution is -0.141. The molecule has 0 radical (unpaired) electrons. The highest BCUT2D eigenvalue weighted by Gasteiger charge is 2.22. The smallest absolute Gasteiger partial charge is 0.308 e. The number of amides is 1. The number of carbonyl (C=O) groups is 2. The molecule has 98 valence electrons. The van der Waals surface area contributed by atoms with E-state index in [0.717, 1.165) is 5.56 Å². The van der Waals surface area contributed by atoms with Gasteiger partial charge in [-0.1, -0.05) is 11.6 Å². The summed E-state index contributed by atoms with van der Waals surface area (Å²) in [4.78, 5) is 22.7. The highest BCUT2D eigenvalue weighted by molar-refractivity contribution is 5.97. The van der Waals surface area contributed by atoms with E-state index < -0.39 is 23.8 Å². The minimum atomic E-state index is -0.976. The second-order valence-electron chi connectivity index (χ2n) is 4.41. The van der Waals surface area contributed by atoms with Crippen LogP contribution in [0.5, 0.6) is 5.75 Å². The zero-order chi connectivity index (χ0) is 13.9. The molecule has 0 aliphatic carbocycles. The van der Waals surface area contributed by atoms with Crippen molar-refractivity contribution in [2.24, 2.45) is 5.92 Å². The Morgan fingerprint density at radius 3 is 2.44 bits per heavy atom. The number of hydrogen-bond donors (Lipinski definition) is 3. The SMILES string of the molecule is Cc1ccc(O)c(C(=O)NC(C)C(C)C(=O)O)c1. The number of rotatable bonds is 4. The molecule has 0 saturated heterocycles. The summed E-state index contributed by atoms with van der Waals surface area (Å²) in [5.41, 5.74) is 0.997. The average Bonchev–Trinajstić information content (AvgIpc) is 2.30. The number of aliphatic carboxylic acids is 1. The number of aryl methyl sites for hydroxylation is 1. The van der Waals surface area contributed by atoms with Crippen LogP contribution < -0.4 is 5.32 Å². The molecule has 0 saturated carbocycles. The summed E-state index contributed by atoms with van der Waals surface area (Å²) >= 11 is 0. The first-order chi connectivity index (χ1) is 8.32. The quantitative estimate of drug-likeness (QED) is 0.757. The van der Waals surface area contributed by atoms with Gasteiger partial charge in [-0.05, 0) is 32.9 Å². The highest BCUT2D eigenvalue weighted by atomic mass is 16.4. The van der Waals surface area contributed by atoms with Gasteiger partial charge in [0, 0.05) is 6.04 Å². The maximum absolute atomic E-state index is 11.9. The molecule has 1 amide bonds. The van der Waals surface area contributed by atoms with Crippen molar-refractivity contribution in [3.63, 3.8) is 0 Å². The molecule has 0 bridgehead atoms. The molecule has 0 aromatic heterocycles. The Bertz CT molecular complexity index is 470. The monoisotopic (exact) mass is 251 g/mol. The molecule has 5 nitrogen and oxygen atoms in total. The van der Waals surface area contributed by atoms with Gasteiger partial charge < -0.3 is 15.5 Å². The van der Waals surface area contributed by atoms with E-state index in [1.165, 1.54) is 13.0 Å². The van der Waals surface area contributed by atoms with Crippen LogP contribution in [0.3, 0.4) is 0 Å². The van der Waals surface area contributed by atoms with Crippen LogP contribution in [0.25, 0.3) is 0 Å². The van der Waals surface area contributed by atoms with Crippen LogP contribution >= 0.6 is 0 Å². The maximum atomic E-state index is 11.9. The maximum Gasteiger partial charge on any atom is 0.308 e. The van der Waals surface area contributed by atoms with E-state index in [1.807, 2.05) is 0 Å². The third-order valence-corrected chi connectivity index (χ3v) is 2.89. The molecule has 5 heteroatoms. The number of phenolic OH excluding ortho intramolecular Hbond substituents is 1. The Labute approximate surface area is 105 Å². The summed E-state index contributed by atoms with van der Waals surface area (Å²) in [5.74, 6) is -2.26. The van der Waals surface area contributed by atoms with E-state index in [2.05, 4.69) is 5.32 Å². The van der Waals surface area contributed by atoms with Crippen LogP contribution in [-0.2, 0) is 4.79 Å². The third kappa shape index (κ3) is 3.23. The highest BCUT2D eigenvalue weighted by Crippen LogP contribution is 2.18. The van der Waals surface area contributed by atoms with E-state index in [0.29, 0.717) is 0 Å². The van der Waals surface area contributed by atoms with Gasteiger partial charge in [-0.25, -0.2) is 0 Å². The third-order valence-electron chi connectivity index (χ3n) is 2.89. The van der Waals surface area contributed by atoms with Crippen LogP contribution in [0.4, 0.5) is 0 Å². The summed E-state index contributed by atoms with van der Waals surface area (Å²) in [6.45, 7) is 4.94. The van der Waals surface area contributed by atoms with Crippen molar-refractivity contribution in [2.45, 2.75) is 26.8 Å². The van der Waals surface area contributed by atoms with Gasteiger partial charge in [0.2, 0.25) is 0 Å². The number of carboxylic acids is 1. The Hall–Kier alpha value is -2.04. The molecule has 0 aliphatic rings. The van der Waals surface area contributed by atoms with Gasteiger partial charge in [0.15, 0.2) is 0 Å². The molecule has 1 rings (SSSR count). The fourth-order valence-corrected chi connectivity index (χ4v) is 1.46. The molecular formula is C13H17NO4. The molecule has 0 fully saturated rings. The van der Waals surface area contributed by atoms with E-state index in [9.17, 15) is 14.7 Å². The Balaban J connectivity index is 2.82. The van der Waals surface area contributed by atoms with Crippen LogP contribution in [0.1, 0.15) is 29.8 Å². The lowest BCUT2D eigenvalue weighted by Gasteiger charge is -2.18. The van der Waals surface area contributed by atoms with Crippen molar-refractivity contribution < 1.29 is 19.8 Å². The van der Waals surface area contributed by atoms with Crippen LogP contribution in [0.2, 0.25) is 0 Å². The van der Waals surface area contributed by atoms with E-state index >= 15 is 0 Å². The number of aromatic hydroxyl groups is 1. The van der Waals surface area contributed by atoms with Crippen molar-refractivity contribution >= 4 is 11.9 Å². The largest absolute Gasteiger partial charge is 0.507 e. The summed E-state index contributed by atoms with van der Waals surface area (Å²) in [6, 6.07) is 4.17. The predicted molar refractivity (Wildman–Crippen MR) is 66.6 cm³/mol. The number of hydrogen-bond acceptors (Lipinski definition) is 3. The van der Waals surface area contributed by atoms with Crippen molar-refractivity contribution in [1.82, 2.24) is 5.32 Å². The molecule has 2 atom stereocenters. The van der Waals surface area contributed by atoms with Gasteiger partial charge in [0.1, 0.15) is 5.75 Å². The zero-order valence-electron chi connectivity index (χ0n) is 10.6. The van der Waals surface area contributed by atoms with Gasteiger partial charge in [-0.15, -0.1) is 0 Å². The Morgan fingerprint density at radius 2 is 1.89 bits per heavy atom. The molecule has 0 aliphatic heterocycles. The van der Waals surface area contributed by atoms with Gasteiger partial charge in [-0.3, -0.25) is 9.59 Å². The first-order valence-electron chi connectivity index (χ1n) is 5.66. The minimum absolute atomic E-state index is 0.117. The number of carboxylic acid groups (broad SMARTS) is 1. The lowest BCUT2D eigenvalue weighted by Crippen LogP contribution is -2.40. The van der Waals surface area contributed by atoms with Crippen LogP contribution in [0.15, 0.2) is 18.2 Å². The topological polar surface area (TPSA) is 86.6 Å². The number of phenols is 1. The van der Waals surface area contributed by atoms with E-state index in [1.54, 1.807) is 26.0 Å². The van der Waals surface area contributed by atoms with Crippen LogP contribution in [0, 0.1) is 12.8 Å². The van der Waals surface area contributed by atoms with Gasteiger partial charge in [0.25, 0.3) is 5.91 Å². The first-order valence-corrected chi connectivity index (χ1v) is 5.66. The fourth-order valence-electron chi connectivity index (χ4n) is 1.46. The standard InChI is InChI=1S/C13H17NO4/c1-7-4-5-11(15)10(6-7)12(16)14-9(3)8(2)13(17)18/h4-6,8-9,15H,1-3H3,(H,14,16)(H,17,18). The zero-order valence-corrected chi connectivity index (χ0v) is 10.6. The first kappa shape index (κ1) is 14.0. The molecule has 1 aromatic carbocycles. The second-order valence-corrected chi connectivity index (χ2v) is 4.41. The summed E-state index contributed by atoms with van der Waals surface area (Å²) < 4.78 is 0. The van der Waals surface area contributed by atoms with E-state index in [-0.39, 0.29) is 11.3 Å². The van der Waals surface area contributed by atoms with Crippen LogP contribution in [-0.4, -0.2) is 28.1 Å². The summed E-state index contributed by atoms with van der Waals surface area (Å²) in [7, 11) is 0. The Kier molecular flexibility index (Phi) is 4.31. The van der Waals surface area contributed by atoms with Gasteiger partial charge in [-0.2, -0.15) is 0 Å². The molecule has 0 heterocycles. The number of carbonyl (C=O) groups excluding carboxylic acids is 1. The predicted octanol–water partition coefficient (Wildman–Crippen LogP) is 1.54. The summed E-state index contributed by atoms with van der Waals surface area (Å²) in [6.07, 6.45) is 0. The minimum Gasteiger partial charge on any atom is -0.507 e. The Morgan fingerprint density at radius 1 is 1.28 bits per heavy atom. The van der Waals surface area contributed by atoms with Crippen molar-refractivity contribution in [2.75, 3.05) is 0 Å². The molecule has 3 N–H and O–H groups in total. The van der Waals surface area contributed by atoms with Crippen molar-refractivity contribution in [3.8, 4) is 5.75 Å². The van der Waals surface area contributed by atoms with Gasteiger partial charge in [0.05, 0.1) is 11.5 Å². The average molecular weight is 251 g/mol. The fraction of sp³-hybridized carbons (Fsp3) is 0.385. The number of benzene rings is 1. The number of nitrogens with one attached hydrogen (secondary N) is 1. The molecular weight excluding hydrogens is 234 g/mol. The van der Waals surface area contributed by atoms with Crippen molar-refractivity contribution in [1.29, 1.82) is 0 Å². The normalized spacial score (nSPS) is 13.7. The second kappa shape index (κ2) is 5.53.